The van der Waals surface area contributed by atoms with Crippen molar-refractivity contribution in [2.24, 2.45) is 4.99 Å². The van der Waals surface area contributed by atoms with Gasteiger partial charge in [0.05, 0.1) is 12.6 Å². The quantitative estimate of drug-likeness (QED) is 0.282. The van der Waals surface area contributed by atoms with Crippen LogP contribution in [0.4, 0.5) is 0 Å². The molecule has 26 heavy (non-hydrogen) atoms. The molecule has 0 aromatic heterocycles. The maximum absolute atomic E-state index is 12.1. The molecule has 0 aliphatic carbocycles. The molecule has 2 unspecified atom stereocenters. The number of nitrogens with zero attached hydrogens (tertiary/aromatic N) is 1. The predicted molar refractivity (Wildman–Crippen MR) is 124 cm³/mol. The third-order valence-electron chi connectivity index (χ3n) is 3.30. The average molecular weight is 536 g/mol. The fraction of sp³-hybridized carbons (Fsp3) is 0.588. The molecule has 1 rings (SSSR count). The van der Waals surface area contributed by atoms with Gasteiger partial charge in [-0.05, 0) is 51.5 Å². The summed E-state index contributed by atoms with van der Waals surface area (Å²) in [6, 6.07) is 4.95. The van der Waals surface area contributed by atoms with Gasteiger partial charge in [-0.3, -0.25) is 9.20 Å². The van der Waals surface area contributed by atoms with Gasteiger partial charge in [0.1, 0.15) is 0 Å². The van der Waals surface area contributed by atoms with Gasteiger partial charge in [0.2, 0.25) is 0 Å². The molecule has 9 heteroatoms. The van der Waals surface area contributed by atoms with Gasteiger partial charge in [-0.25, -0.2) is 0 Å². The third-order valence-corrected chi connectivity index (χ3v) is 5.68. The second-order valence-electron chi connectivity index (χ2n) is 6.53. The summed E-state index contributed by atoms with van der Waals surface area (Å²) in [6.45, 7) is 9.20. The van der Waals surface area contributed by atoms with Gasteiger partial charge < -0.3 is 15.7 Å². The van der Waals surface area contributed by atoms with Crippen molar-refractivity contribution in [2.75, 3.05) is 25.4 Å². The Bertz CT molecular complexity index is 604. The number of hydrogen-bond donors (Lipinski definition) is 3. The zero-order valence-corrected chi connectivity index (χ0v) is 20.2. The lowest BCUT2D eigenvalue weighted by Gasteiger charge is -2.18. The highest BCUT2D eigenvalue weighted by molar-refractivity contribution is 14.0. The van der Waals surface area contributed by atoms with E-state index in [1.54, 1.807) is 18.2 Å². The average Bonchev–Trinajstić information content (AvgIpc) is 2.50. The summed E-state index contributed by atoms with van der Waals surface area (Å²) in [6.07, 6.45) is -0.810. The molecule has 0 heterocycles. The van der Waals surface area contributed by atoms with E-state index in [-0.39, 0.29) is 35.3 Å². The summed E-state index contributed by atoms with van der Waals surface area (Å²) < 4.78 is 11.8. The lowest BCUT2D eigenvalue weighted by Crippen LogP contribution is -2.40. The van der Waals surface area contributed by atoms with Crippen LogP contribution < -0.4 is 10.6 Å². The van der Waals surface area contributed by atoms with Crippen LogP contribution in [0.1, 0.15) is 39.4 Å². The first-order valence-corrected chi connectivity index (χ1v) is 10.3. The van der Waals surface area contributed by atoms with Crippen molar-refractivity contribution < 1.29 is 9.32 Å². The fourth-order valence-corrected chi connectivity index (χ4v) is 3.40. The zero-order valence-electron chi connectivity index (χ0n) is 15.5. The van der Waals surface area contributed by atoms with E-state index in [0.29, 0.717) is 40.4 Å². The highest BCUT2D eigenvalue weighted by Crippen LogP contribution is 2.23. The molecular weight excluding hydrogens is 508 g/mol. The number of halogens is 3. The molecule has 0 radical (unpaired) electrons. The normalized spacial score (nSPS) is 14.3. The van der Waals surface area contributed by atoms with Crippen LogP contribution in [-0.4, -0.2) is 45.4 Å². The monoisotopic (exact) mass is 535 g/mol. The molecule has 5 nitrogen and oxygen atoms in total. The third kappa shape index (κ3) is 9.73. The molecule has 1 aromatic rings. The number of hydrogen-bond acceptors (Lipinski definition) is 3. The van der Waals surface area contributed by atoms with Crippen LogP contribution in [0.5, 0.6) is 0 Å². The molecule has 0 saturated heterocycles. The van der Waals surface area contributed by atoms with E-state index in [0.717, 1.165) is 0 Å². The molecule has 0 fully saturated rings. The molecule has 0 aliphatic rings. The molecule has 0 spiro atoms. The van der Waals surface area contributed by atoms with Gasteiger partial charge in [-0.1, -0.05) is 23.2 Å². The second kappa shape index (κ2) is 12.4. The molecule has 2 atom stereocenters. The van der Waals surface area contributed by atoms with Gasteiger partial charge in [0.25, 0.3) is 0 Å². The Hall–Kier alpha value is -0.0900. The van der Waals surface area contributed by atoms with Crippen molar-refractivity contribution in [3.05, 3.63) is 33.8 Å². The van der Waals surface area contributed by atoms with E-state index in [1.165, 1.54) is 0 Å². The Balaban J connectivity index is 0.00000625. The topological polar surface area (TPSA) is 73.7 Å². The standard InChI is InChI=1S/C17H27Cl2N3O2S.HI/c1-5-20-16(21-6-7-25(24)17(2,3)4)22-11-15(23)12-8-13(18)10-14(19)9-12;/h8-10,15,23H,5-7,11H2,1-4H3,(H2,20,21,22);1H. The van der Waals surface area contributed by atoms with E-state index >= 15 is 0 Å². The Kier molecular flexibility index (Phi) is 12.3. The lowest BCUT2D eigenvalue weighted by atomic mass is 10.1. The molecule has 0 bridgehead atoms. The molecule has 0 amide bonds. The molecule has 3 N–H and O–H groups in total. The minimum Gasteiger partial charge on any atom is -0.386 e. The first-order valence-electron chi connectivity index (χ1n) is 8.18. The minimum absolute atomic E-state index is 0. The number of aliphatic imine (C=N–C) groups is 1. The van der Waals surface area contributed by atoms with Crippen LogP contribution in [0.15, 0.2) is 23.2 Å². The Morgan fingerprint density at radius 1 is 1.23 bits per heavy atom. The van der Waals surface area contributed by atoms with E-state index in [4.69, 9.17) is 23.2 Å². The summed E-state index contributed by atoms with van der Waals surface area (Å²) >= 11 is 11.9. The summed E-state index contributed by atoms with van der Waals surface area (Å²) in [5, 5.41) is 17.5. The van der Waals surface area contributed by atoms with Crippen LogP contribution in [-0.2, 0) is 10.8 Å². The Labute approximate surface area is 185 Å². The van der Waals surface area contributed by atoms with Crippen LogP contribution in [0, 0.1) is 0 Å². The summed E-state index contributed by atoms with van der Waals surface area (Å²) in [5.41, 5.74) is 0.617. The number of benzene rings is 1. The fourth-order valence-electron chi connectivity index (χ4n) is 1.96. The van der Waals surface area contributed by atoms with Gasteiger partial charge >= 0.3 is 0 Å². The van der Waals surface area contributed by atoms with E-state index in [2.05, 4.69) is 15.6 Å². The zero-order chi connectivity index (χ0) is 19.0. The largest absolute Gasteiger partial charge is 0.386 e. The van der Waals surface area contributed by atoms with Crippen LogP contribution in [0.2, 0.25) is 10.0 Å². The Morgan fingerprint density at radius 2 is 1.81 bits per heavy atom. The van der Waals surface area contributed by atoms with Crippen molar-refractivity contribution >= 4 is 63.9 Å². The molecule has 0 saturated carbocycles. The van der Waals surface area contributed by atoms with Crippen molar-refractivity contribution in [1.29, 1.82) is 0 Å². The van der Waals surface area contributed by atoms with Crippen LogP contribution >= 0.6 is 47.2 Å². The number of aliphatic hydroxyl groups excluding tert-OH is 1. The van der Waals surface area contributed by atoms with Gasteiger partial charge in [0, 0.05) is 44.4 Å². The molecule has 1 aromatic carbocycles. The van der Waals surface area contributed by atoms with Crippen molar-refractivity contribution in [3.8, 4) is 0 Å². The second-order valence-corrected chi connectivity index (χ2v) is 9.72. The number of guanidine groups is 1. The molecular formula is C17H28Cl2IN3O2S. The van der Waals surface area contributed by atoms with Crippen molar-refractivity contribution in [1.82, 2.24) is 10.6 Å². The number of nitrogens with one attached hydrogen (secondary N) is 2. The number of rotatable bonds is 7. The Morgan fingerprint density at radius 3 is 2.31 bits per heavy atom. The van der Waals surface area contributed by atoms with Gasteiger partial charge in [0.15, 0.2) is 5.96 Å². The predicted octanol–water partition coefficient (Wildman–Crippen LogP) is 3.75. The summed E-state index contributed by atoms with van der Waals surface area (Å²) in [4.78, 5) is 4.37. The maximum Gasteiger partial charge on any atom is 0.191 e. The van der Waals surface area contributed by atoms with E-state index in [1.807, 2.05) is 27.7 Å². The maximum atomic E-state index is 12.1. The highest BCUT2D eigenvalue weighted by Gasteiger charge is 2.18. The lowest BCUT2D eigenvalue weighted by molar-refractivity contribution is 0.187. The first kappa shape index (κ1) is 25.9. The molecule has 0 aliphatic heterocycles. The van der Waals surface area contributed by atoms with Crippen molar-refractivity contribution in [3.63, 3.8) is 0 Å². The first-order chi connectivity index (χ1) is 11.6. The van der Waals surface area contributed by atoms with Crippen LogP contribution in [0.3, 0.4) is 0 Å². The SMILES string of the molecule is CCNC(=NCC(O)c1cc(Cl)cc(Cl)c1)NCCS(=O)C(C)(C)C.I. The van der Waals surface area contributed by atoms with Gasteiger partial charge in [-0.2, -0.15) is 0 Å². The van der Waals surface area contributed by atoms with Crippen molar-refractivity contribution in [2.45, 2.75) is 38.5 Å². The van der Waals surface area contributed by atoms with E-state index < -0.39 is 16.9 Å². The number of aliphatic hydroxyl groups is 1. The summed E-state index contributed by atoms with van der Waals surface area (Å²) in [7, 11) is -0.929. The molecule has 150 valence electrons. The summed E-state index contributed by atoms with van der Waals surface area (Å²) in [5.74, 6) is 1.10. The minimum atomic E-state index is -0.929. The van der Waals surface area contributed by atoms with Crippen LogP contribution in [0.25, 0.3) is 0 Å². The smallest absolute Gasteiger partial charge is 0.191 e. The highest BCUT2D eigenvalue weighted by atomic mass is 127. The van der Waals surface area contributed by atoms with Gasteiger partial charge in [-0.15, -0.1) is 24.0 Å². The van der Waals surface area contributed by atoms with E-state index in [9.17, 15) is 9.32 Å².